The zero-order valence-electron chi connectivity index (χ0n) is 14.5. The lowest BCUT2D eigenvalue weighted by atomic mass is 10.0. The molecule has 2 rings (SSSR count). The number of nitrogens with one attached hydrogen (secondary N) is 2. The fourth-order valence-electron chi connectivity index (χ4n) is 2.88. The predicted octanol–water partition coefficient (Wildman–Crippen LogP) is 3.91. The molecule has 1 fully saturated rings. The average molecular weight is 431 g/mol. The van der Waals surface area contributed by atoms with E-state index in [1.165, 1.54) is 31.2 Å². The number of guanidine groups is 1. The van der Waals surface area contributed by atoms with Gasteiger partial charge in [0.05, 0.1) is 6.54 Å². The lowest BCUT2D eigenvalue weighted by Gasteiger charge is -2.18. The van der Waals surface area contributed by atoms with Crippen molar-refractivity contribution in [1.29, 1.82) is 0 Å². The predicted molar refractivity (Wildman–Crippen MR) is 108 cm³/mol. The van der Waals surface area contributed by atoms with Crippen molar-refractivity contribution in [3.05, 3.63) is 29.8 Å². The fraction of sp³-hybridized carbons (Fsp3) is 0.611. The fourth-order valence-corrected chi connectivity index (χ4v) is 2.88. The number of hydrogen-bond donors (Lipinski definition) is 2. The maximum Gasteiger partial charge on any atom is 0.191 e. The Morgan fingerprint density at radius 2 is 1.96 bits per heavy atom. The van der Waals surface area contributed by atoms with Crippen molar-refractivity contribution in [3.63, 3.8) is 0 Å². The van der Waals surface area contributed by atoms with Crippen molar-refractivity contribution in [3.8, 4) is 5.75 Å². The minimum atomic E-state index is 0. The highest BCUT2D eigenvalue weighted by Gasteiger charge is 2.15. The molecular weight excluding hydrogens is 401 g/mol. The SMILES string of the molecule is CN=C(NCCOc1ccccc1C(C)C)NC1CCCC1.I. The molecule has 1 aliphatic rings. The first kappa shape index (κ1) is 20.1. The van der Waals surface area contributed by atoms with Gasteiger partial charge in [0.15, 0.2) is 5.96 Å². The highest BCUT2D eigenvalue weighted by Crippen LogP contribution is 2.25. The molecule has 4 nitrogen and oxygen atoms in total. The Balaban J connectivity index is 0.00000264. The standard InChI is InChI=1S/C18H29N3O.HI/c1-14(2)16-10-6-7-11-17(16)22-13-12-20-18(19-3)21-15-8-4-5-9-15;/h6-7,10-11,14-15H,4-5,8-9,12-13H2,1-3H3,(H2,19,20,21);1H. The van der Waals surface area contributed by atoms with Crippen molar-refractivity contribution in [2.75, 3.05) is 20.2 Å². The van der Waals surface area contributed by atoms with E-state index in [1.54, 1.807) is 0 Å². The van der Waals surface area contributed by atoms with Crippen LogP contribution in [-0.4, -0.2) is 32.2 Å². The number of hydrogen-bond acceptors (Lipinski definition) is 2. The van der Waals surface area contributed by atoms with Crippen LogP contribution in [0.25, 0.3) is 0 Å². The van der Waals surface area contributed by atoms with E-state index in [9.17, 15) is 0 Å². The molecule has 1 aromatic rings. The maximum atomic E-state index is 5.92. The molecule has 1 aromatic carbocycles. The van der Waals surface area contributed by atoms with Gasteiger partial charge >= 0.3 is 0 Å². The molecule has 130 valence electrons. The van der Waals surface area contributed by atoms with Crippen LogP contribution in [0.3, 0.4) is 0 Å². The Morgan fingerprint density at radius 1 is 1.26 bits per heavy atom. The van der Waals surface area contributed by atoms with Crippen LogP contribution in [0.15, 0.2) is 29.3 Å². The number of rotatable bonds is 6. The van der Waals surface area contributed by atoms with E-state index < -0.39 is 0 Å². The van der Waals surface area contributed by atoms with Gasteiger partial charge in [-0.3, -0.25) is 4.99 Å². The van der Waals surface area contributed by atoms with E-state index >= 15 is 0 Å². The van der Waals surface area contributed by atoms with Gasteiger partial charge in [0.2, 0.25) is 0 Å². The third-order valence-corrected chi connectivity index (χ3v) is 4.11. The average Bonchev–Trinajstić information content (AvgIpc) is 3.03. The van der Waals surface area contributed by atoms with Gasteiger partial charge in [-0.05, 0) is 30.4 Å². The zero-order chi connectivity index (χ0) is 15.8. The number of halogens is 1. The third kappa shape index (κ3) is 6.57. The number of ether oxygens (including phenoxy) is 1. The Kier molecular flexibility index (Phi) is 9.36. The molecule has 0 aromatic heterocycles. The summed E-state index contributed by atoms with van der Waals surface area (Å²) in [6.45, 7) is 5.76. The summed E-state index contributed by atoms with van der Waals surface area (Å²) in [5.41, 5.74) is 1.26. The molecule has 0 heterocycles. The molecule has 2 N–H and O–H groups in total. The first-order chi connectivity index (χ1) is 10.7. The van der Waals surface area contributed by atoms with E-state index in [4.69, 9.17) is 4.74 Å². The lowest BCUT2D eigenvalue weighted by Crippen LogP contribution is -2.43. The Bertz CT molecular complexity index is 485. The molecule has 23 heavy (non-hydrogen) atoms. The molecule has 0 bridgehead atoms. The lowest BCUT2D eigenvalue weighted by molar-refractivity contribution is 0.317. The topological polar surface area (TPSA) is 45.7 Å². The molecule has 0 radical (unpaired) electrons. The first-order valence-corrected chi connectivity index (χ1v) is 8.39. The summed E-state index contributed by atoms with van der Waals surface area (Å²) in [6, 6.07) is 8.84. The van der Waals surface area contributed by atoms with E-state index in [-0.39, 0.29) is 24.0 Å². The second-order valence-electron chi connectivity index (χ2n) is 6.17. The van der Waals surface area contributed by atoms with Gasteiger partial charge in [-0.1, -0.05) is 44.9 Å². The van der Waals surface area contributed by atoms with E-state index in [1.807, 2.05) is 19.2 Å². The first-order valence-electron chi connectivity index (χ1n) is 8.39. The molecule has 0 saturated heterocycles. The summed E-state index contributed by atoms with van der Waals surface area (Å²) < 4.78 is 5.92. The summed E-state index contributed by atoms with van der Waals surface area (Å²) in [5, 5.41) is 6.81. The van der Waals surface area contributed by atoms with Crippen molar-refractivity contribution in [2.45, 2.75) is 51.5 Å². The quantitative estimate of drug-likeness (QED) is 0.311. The Hall–Kier alpha value is -0.980. The van der Waals surface area contributed by atoms with Gasteiger partial charge in [-0.15, -0.1) is 24.0 Å². The summed E-state index contributed by atoms with van der Waals surface area (Å²) in [6.07, 6.45) is 5.14. The van der Waals surface area contributed by atoms with E-state index in [0.717, 1.165) is 18.3 Å². The molecule has 0 unspecified atom stereocenters. The zero-order valence-corrected chi connectivity index (χ0v) is 16.8. The number of nitrogens with zero attached hydrogens (tertiary/aromatic N) is 1. The Labute approximate surface area is 157 Å². The van der Waals surface area contributed by atoms with Crippen LogP contribution in [-0.2, 0) is 0 Å². The van der Waals surface area contributed by atoms with Crippen LogP contribution in [0.2, 0.25) is 0 Å². The van der Waals surface area contributed by atoms with Crippen LogP contribution in [0.5, 0.6) is 5.75 Å². The smallest absolute Gasteiger partial charge is 0.191 e. The second-order valence-corrected chi connectivity index (χ2v) is 6.17. The monoisotopic (exact) mass is 431 g/mol. The van der Waals surface area contributed by atoms with Gasteiger partial charge in [-0.25, -0.2) is 0 Å². The number of aliphatic imine (C=N–C) groups is 1. The summed E-state index contributed by atoms with van der Waals surface area (Å²) in [7, 11) is 1.82. The summed E-state index contributed by atoms with van der Waals surface area (Å²) in [5.74, 6) is 2.34. The van der Waals surface area contributed by atoms with Crippen molar-refractivity contribution in [1.82, 2.24) is 10.6 Å². The van der Waals surface area contributed by atoms with Crippen LogP contribution in [0.4, 0.5) is 0 Å². The van der Waals surface area contributed by atoms with Gasteiger partial charge in [0.1, 0.15) is 12.4 Å². The molecule has 0 spiro atoms. The van der Waals surface area contributed by atoms with E-state index in [0.29, 0.717) is 18.6 Å². The van der Waals surface area contributed by atoms with Crippen molar-refractivity contribution < 1.29 is 4.74 Å². The molecule has 0 aliphatic heterocycles. The molecule has 1 aliphatic carbocycles. The molecule has 0 amide bonds. The second kappa shape index (κ2) is 10.7. The van der Waals surface area contributed by atoms with Crippen molar-refractivity contribution in [2.24, 2.45) is 4.99 Å². The minimum absolute atomic E-state index is 0. The normalized spacial score (nSPS) is 15.4. The molecule has 5 heteroatoms. The van der Waals surface area contributed by atoms with Crippen LogP contribution < -0.4 is 15.4 Å². The largest absolute Gasteiger partial charge is 0.491 e. The highest BCUT2D eigenvalue weighted by molar-refractivity contribution is 14.0. The Morgan fingerprint density at radius 3 is 2.61 bits per heavy atom. The summed E-state index contributed by atoms with van der Waals surface area (Å²) in [4.78, 5) is 4.28. The molecule has 1 saturated carbocycles. The highest BCUT2D eigenvalue weighted by atomic mass is 127. The van der Waals surface area contributed by atoms with Gasteiger partial charge in [0.25, 0.3) is 0 Å². The van der Waals surface area contributed by atoms with Gasteiger partial charge in [0, 0.05) is 13.1 Å². The molecular formula is C18H30IN3O. The van der Waals surface area contributed by atoms with Crippen molar-refractivity contribution >= 4 is 29.9 Å². The van der Waals surface area contributed by atoms with Crippen LogP contribution in [0.1, 0.15) is 51.0 Å². The summed E-state index contributed by atoms with van der Waals surface area (Å²) >= 11 is 0. The third-order valence-electron chi connectivity index (χ3n) is 4.11. The van der Waals surface area contributed by atoms with Crippen LogP contribution >= 0.6 is 24.0 Å². The van der Waals surface area contributed by atoms with Gasteiger partial charge in [-0.2, -0.15) is 0 Å². The number of para-hydroxylation sites is 1. The van der Waals surface area contributed by atoms with Gasteiger partial charge < -0.3 is 15.4 Å². The number of benzene rings is 1. The minimum Gasteiger partial charge on any atom is -0.491 e. The maximum absolute atomic E-state index is 5.92. The van der Waals surface area contributed by atoms with E-state index in [2.05, 4.69) is 41.6 Å². The van der Waals surface area contributed by atoms with Crippen LogP contribution in [0, 0.1) is 0 Å². The molecule has 0 atom stereocenters.